The van der Waals surface area contributed by atoms with Crippen molar-refractivity contribution in [3.8, 4) is 17.1 Å². The maximum Gasteiger partial charge on any atom is 0.264 e. The molecule has 2 aromatic carbocycles. The van der Waals surface area contributed by atoms with E-state index in [0.29, 0.717) is 10.8 Å². The van der Waals surface area contributed by atoms with E-state index in [1.165, 1.54) is 6.07 Å². The van der Waals surface area contributed by atoms with Gasteiger partial charge >= 0.3 is 0 Å². The van der Waals surface area contributed by atoms with Gasteiger partial charge in [0.2, 0.25) is 15.8 Å². The van der Waals surface area contributed by atoms with Crippen LogP contribution in [0.2, 0.25) is 5.02 Å². The van der Waals surface area contributed by atoms with Crippen molar-refractivity contribution in [2.24, 2.45) is 5.14 Å². The van der Waals surface area contributed by atoms with Gasteiger partial charge in [0, 0.05) is 5.56 Å². The third-order valence-corrected chi connectivity index (χ3v) is 5.32. The number of hydrogen-bond acceptors (Lipinski definition) is 6. The summed E-state index contributed by atoms with van der Waals surface area (Å²) >= 11 is 6.30. The number of aromatic nitrogens is 2. The molecule has 0 fully saturated rings. The minimum absolute atomic E-state index is 0.0148. The van der Waals surface area contributed by atoms with Crippen LogP contribution in [0.4, 0.5) is 0 Å². The van der Waals surface area contributed by atoms with Crippen LogP contribution in [0.25, 0.3) is 11.4 Å². The van der Waals surface area contributed by atoms with E-state index in [-0.39, 0.29) is 34.2 Å². The minimum Gasteiger partial charge on any atom is -0.482 e. The summed E-state index contributed by atoms with van der Waals surface area (Å²) in [6.45, 7) is 6.27. The Balaban J connectivity index is 1.78. The monoisotopic (exact) mass is 421 g/mol. The lowest BCUT2D eigenvalue weighted by Crippen LogP contribution is -2.13. The van der Waals surface area contributed by atoms with Gasteiger partial charge in [-0.3, -0.25) is 0 Å². The molecule has 7 nitrogen and oxygen atoms in total. The van der Waals surface area contributed by atoms with Gasteiger partial charge < -0.3 is 9.26 Å². The first-order valence-electron chi connectivity index (χ1n) is 8.43. The molecule has 1 heterocycles. The lowest BCUT2D eigenvalue weighted by atomic mass is 9.87. The van der Waals surface area contributed by atoms with Crippen molar-refractivity contribution in [2.45, 2.75) is 37.7 Å². The predicted molar refractivity (Wildman–Crippen MR) is 106 cm³/mol. The maximum atomic E-state index is 11.7. The van der Waals surface area contributed by atoms with Gasteiger partial charge in [0.25, 0.3) is 5.89 Å². The minimum atomic E-state index is -3.92. The molecule has 0 amide bonds. The number of nitrogens with two attached hydrogens (primary N) is 1. The summed E-state index contributed by atoms with van der Waals surface area (Å²) in [6.07, 6.45) is 0. The quantitative estimate of drug-likeness (QED) is 0.668. The third-order valence-electron chi connectivity index (χ3n) is 4.05. The van der Waals surface area contributed by atoms with Crippen molar-refractivity contribution in [1.82, 2.24) is 10.1 Å². The van der Waals surface area contributed by atoms with Gasteiger partial charge in [-0.05, 0) is 35.2 Å². The lowest BCUT2D eigenvalue weighted by molar-refractivity contribution is 0.243. The van der Waals surface area contributed by atoms with Crippen LogP contribution in [0.1, 0.15) is 32.2 Å². The molecule has 3 rings (SSSR count). The number of nitrogens with zero attached hydrogens (tertiary/aromatic N) is 2. The van der Waals surface area contributed by atoms with Gasteiger partial charge in [-0.25, -0.2) is 13.6 Å². The molecule has 0 atom stereocenters. The van der Waals surface area contributed by atoms with Crippen LogP contribution in [0.5, 0.6) is 5.75 Å². The van der Waals surface area contributed by atoms with Crippen LogP contribution in [0.3, 0.4) is 0 Å². The summed E-state index contributed by atoms with van der Waals surface area (Å²) in [6, 6.07) is 11.8. The van der Waals surface area contributed by atoms with Crippen molar-refractivity contribution in [2.75, 3.05) is 0 Å². The van der Waals surface area contributed by atoms with Crippen molar-refractivity contribution in [1.29, 1.82) is 0 Å². The van der Waals surface area contributed by atoms with Crippen LogP contribution in [-0.2, 0) is 22.0 Å². The van der Waals surface area contributed by atoms with E-state index in [0.717, 1.165) is 5.56 Å². The van der Waals surface area contributed by atoms with Crippen molar-refractivity contribution in [3.63, 3.8) is 0 Å². The van der Waals surface area contributed by atoms with Crippen LogP contribution >= 0.6 is 11.6 Å². The zero-order valence-electron chi connectivity index (χ0n) is 15.6. The van der Waals surface area contributed by atoms with E-state index in [2.05, 4.69) is 30.9 Å². The second kappa shape index (κ2) is 7.54. The molecule has 0 aliphatic rings. The Morgan fingerprint density at radius 2 is 1.89 bits per heavy atom. The second-order valence-corrected chi connectivity index (χ2v) is 9.17. The Morgan fingerprint density at radius 3 is 2.54 bits per heavy atom. The normalized spacial score (nSPS) is 12.2. The highest BCUT2D eigenvalue weighted by Crippen LogP contribution is 2.31. The van der Waals surface area contributed by atoms with Gasteiger partial charge in [-0.15, -0.1) is 0 Å². The Morgan fingerprint density at radius 1 is 1.18 bits per heavy atom. The molecule has 3 aromatic rings. The van der Waals surface area contributed by atoms with E-state index >= 15 is 0 Å². The number of sulfonamides is 1. The molecule has 0 saturated heterocycles. The molecule has 2 N–H and O–H groups in total. The fourth-order valence-electron chi connectivity index (χ4n) is 2.55. The lowest BCUT2D eigenvalue weighted by Gasteiger charge is -2.19. The van der Waals surface area contributed by atoms with Crippen LogP contribution in [0, 0.1) is 0 Å². The molecule has 0 saturated carbocycles. The molecule has 148 valence electrons. The Labute approximate surface area is 168 Å². The molecule has 0 unspecified atom stereocenters. The first kappa shape index (κ1) is 20.3. The average molecular weight is 422 g/mol. The summed E-state index contributed by atoms with van der Waals surface area (Å²) in [7, 11) is -3.92. The Bertz CT molecular complexity index is 1100. The van der Waals surface area contributed by atoms with E-state index in [1.807, 2.05) is 12.1 Å². The van der Waals surface area contributed by atoms with E-state index < -0.39 is 10.0 Å². The molecular formula is C19H20ClN3O4S. The first-order valence-corrected chi connectivity index (χ1v) is 10.4. The van der Waals surface area contributed by atoms with Crippen LogP contribution in [0.15, 0.2) is 51.9 Å². The Hall–Kier alpha value is -2.42. The summed E-state index contributed by atoms with van der Waals surface area (Å²) in [4.78, 5) is 4.11. The number of ether oxygens (including phenoxy) is 1. The summed E-state index contributed by atoms with van der Waals surface area (Å²) < 4.78 is 34.3. The second-order valence-electron chi connectivity index (χ2n) is 7.24. The van der Waals surface area contributed by atoms with E-state index in [1.54, 1.807) is 24.3 Å². The summed E-state index contributed by atoms with van der Waals surface area (Å²) in [5.74, 6) is 0.770. The molecule has 9 heteroatoms. The highest BCUT2D eigenvalue weighted by atomic mass is 35.5. The van der Waals surface area contributed by atoms with Gasteiger partial charge in [-0.2, -0.15) is 4.98 Å². The van der Waals surface area contributed by atoms with Crippen molar-refractivity contribution >= 4 is 21.6 Å². The highest BCUT2D eigenvalue weighted by Gasteiger charge is 2.19. The fraction of sp³-hybridized carbons (Fsp3) is 0.263. The molecule has 28 heavy (non-hydrogen) atoms. The summed E-state index contributed by atoms with van der Waals surface area (Å²) in [5.41, 5.74) is 1.32. The van der Waals surface area contributed by atoms with Gasteiger partial charge in [0.05, 0.1) is 9.92 Å². The van der Waals surface area contributed by atoms with E-state index in [9.17, 15) is 8.42 Å². The number of halogens is 1. The molecule has 0 spiro atoms. The van der Waals surface area contributed by atoms with Crippen molar-refractivity contribution < 1.29 is 17.7 Å². The molecular weight excluding hydrogens is 402 g/mol. The highest BCUT2D eigenvalue weighted by molar-refractivity contribution is 7.89. The molecule has 0 aliphatic carbocycles. The third kappa shape index (κ3) is 4.52. The van der Waals surface area contributed by atoms with Gasteiger partial charge in [0.1, 0.15) is 5.75 Å². The SMILES string of the molecule is CC(C)(C)c1ccc(OCc2nc(-c3ccccc3S(N)(=O)=O)no2)c(Cl)c1. The van der Waals surface area contributed by atoms with Crippen LogP contribution < -0.4 is 9.88 Å². The maximum absolute atomic E-state index is 11.7. The number of hydrogen-bond donors (Lipinski definition) is 1. The van der Waals surface area contributed by atoms with E-state index in [4.69, 9.17) is 26.0 Å². The van der Waals surface area contributed by atoms with Gasteiger partial charge in [-0.1, -0.05) is 55.7 Å². The summed E-state index contributed by atoms with van der Waals surface area (Å²) in [5, 5.41) is 9.54. The number of rotatable bonds is 5. The molecule has 1 aromatic heterocycles. The molecule has 0 bridgehead atoms. The zero-order valence-corrected chi connectivity index (χ0v) is 17.2. The topological polar surface area (TPSA) is 108 Å². The standard InChI is InChI=1S/C19H20ClN3O4S/c1-19(2,3)12-8-9-15(14(20)10-12)26-11-17-22-18(23-27-17)13-6-4-5-7-16(13)28(21,24)25/h4-10H,11H2,1-3H3,(H2,21,24,25). The number of primary sulfonamides is 1. The average Bonchev–Trinajstić information content (AvgIpc) is 3.08. The smallest absolute Gasteiger partial charge is 0.264 e. The molecule has 0 aliphatic heterocycles. The predicted octanol–water partition coefficient (Wildman–Crippen LogP) is 3.91. The number of benzene rings is 2. The zero-order chi connectivity index (χ0) is 20.5. The van der Waals surface area contributed by atoms with Gasteiger partial charge in [0.15, 0.2) is 6.61 Å². The molecule has 0 radical (unpaired) electrons. The Kier molecular flexibility index (Phi) is 5.47. The largest absolute Gasteiger partial charge is 0.482 e. The first-order chi connectivity index (χ1) is 13.1. The van der Waals surface area contributed by atoms with Crippen molar-refractivity contribution in [3.05, 3.63) is 58.9 Å². The fourth-order valence-corrected chi connectivity index (χ4v) is 3.52. The van der Waals surface area contributed by atoms with Crippen LogP contribution in [-0.4, -0.2) is 18.6 Å².